The molecule has 0 aliphatic carbocycles. The molecule has 154 valence electrons. The van der Waals surface area contributed by atoms with E-state index in [1.165, 1.54) is 6.07 Å². The van der Waals surface area contributed by atoms with E-state index in [0.29, 0.717) is 12.3 Å². The lowest BCUT2D eigenvalue weighted by atomic mass is 9.89. The maximum atomic E-state index is 13.9. The van der Waals surface area contributed by atoms with E-state index >= 15 is 0 Å². The SMILES string of the molecule is CCCc1cc(N2C[C@H]3CN(C(=O)CC)[C@H](c4cccc(F)c4)[C@H]3C2)nc(C)n1. The molecule has 1 aromatic carbocycles. The fraction of sp³-hybridized carbons (Fsp3) is 0.522. The molecule has 0 N–H and O–H groups in total. The van der Waals surface area contributed by atoms with Crippen molar-refractivity contribution < 1.29 is 9.18 Å². The van der Waals surface area contributed by atoms with Crippen LogP contribution in [0.5, 0.6) is 0 Å². The van der Waals surface area contributed by atoms with Crippen molar-refractivity contribution in [2.75, 3.05) is 24.5 Å². The number of amides is 1. The number of aryl methyl sites for hydroxylation is 2. The first-order valence-electron chi connectivity index (χ1n) is 10.6. The van der Waals surface area contributed by atoms with Crippen LogP contribution in [-0.2, 0) is 11.2 Å². The van der Waals surface area contributed by atoms with E-state index in [1.54, 1.807) is 12.1 Å². The Morgan fingerprint density at radius 3 is 2.72 bits per heavy atom. The molecule has 3 heterocycles. The maximum Gasteiger partial charge on any atom is 0.222 e. The zero-order chi connectivity index (χ0) is 20.5. The number of anilines is 1. The molecule has 2 fully saturated rings. The third-order valence-corrected chi connectivity index (χ3v) is 6.18. The van der Waals surface area contributed by atoms with Crippen molar-refractivity contribution in [2.45, 2.75) is 46.1 Å². The number of carbonyl (C=O) groups excluding carboxylic acids is 1. The Morgan fingerprint density at radius 1 is 1.17 bits per heavy atom. The topological polar surface area (TPSA) is 49.3 Å². The molecular formula is C23H29FN4O. The van der Waals surface area contributed by atoms with Crippen molar-refractivity contribution in [1.82, 2.24) is 14.9 Å². The minimum absolute atomic E-state index is 0.0776. The maximum absolute atomic E-state index is 13.9. The summed E-state index contributed by atoms with van der Waals surface area (Å²) in [5.41, 5.74) is 1.98. The van der Waals surface area contributed by atoms with Gasteiger partial charge < -0.3 is 9.80 Å². The molecule has 29 heavy (non-hydrogen) atoms. The van der Waals surface area contributed by atoms with E-state index < -0.39 is 0 Å². The van der Waals surface area contributed by atoms with Gasteiger partial charge in [0, 0.05) is 49.7 Å². The van der Waals surface area contributed by atoms with Crippen LogP contribution in [0.15, 0.2) is 30.3 Å². The highest BCUT2D eigenvalue weighted by atomic mass is 19.1. The van der Waals surface area contributed by atoms with Crippen LogP contribution in [0.3, 0.4) is 0 Å². The average molecular weight is 397 g/mol. The predicted octanol–water partition coefficient (Wildman–Crippen LogP) is 3.92. The number of benzene rings is 1. The molecule has 1 amide bonds. The van der Waals surface area contributed by atoms with Gasteiger partial charge in [0.25, 0.3) is 0 Å². The van der Waals surface area contributed by atoms with E-state index in [0.717, 1.165) is 55.4 Å². The number of likely N-dealkylation sites (tertiary alicyclic amines) is 1. The van der Waals surface area contributed by atoms with E-state index in [1.807, 2.05) is 24.8 Å². The molecule has 2 aromatic rings. The summed E-state index contributed by atoms with van der Waals surface area (Å²) in [5, 5.41) is 0. The van der Waals surface area contributed by atoms with Gasteiger partial charge in [0.1, 0.15) is 17.5 Å². The second kappa shape index (κ2) is 8.09. The minimum atomic E-state index is -0.250. The van der Waals surface area contributed by atoms with Gasteiger partial charge in [-0.2, -0.15) is 0 Å². The third kappa shape index (κ3) is 3.85. The molecule has 0 saturated carbocycles. The molecule has 2 aliphatic heterocycles. The highest BCUT2D eigenvalue weighted by Gasteiger charge is 2.49. The second-order valence-electron chi connectivity index (χ2n) is 8.24. The van der Waals surface area contributed by atoms with Gasteiger partial charge in [0.2, 0.25) is 5.91 Å². The number of rotatable bonds is 5. The van der Waals surface area contributed by atoms with E-state index in [-0.39, 0.29) is 23.7 Å². The van der Waals surface area contributed by atoms with Crippen molar-refractivity contribution in [3.8, 4) is 0 Å². The molecular weight excluding hydrogens is 367 g/mol. The van der Waals surface area contributed by atoms with Crippen LogP contribution in [0.2, 0.25) is 0 Å². The van der Waals surface area contributed by atoms with Crippen LogP contribution in [0.25, 0.3) is 0 Å². The molecule has 0 unspecified atom stereocenters. The van der Waals surface area contributed by atoms with Crippen molar-refractivity contribution in [2.24, 2.45) is 11.8 Å². The molecule has 0 radical (unpaired) electrons. The first-order valence-corrected chi connectivity index (χ1v) is 10.6. The van der Waals surface area contributed by atoms with Crippen molar-refractivity contribution in [3.63, 3.8) is 0 Å². The van der Waals surface area contributed by atoms with E-state index in [2.05, 4.69) is 27.9 Å². The highest BCUT2D eigenvalue weighted by Crippen LogP contribution is 2.46. The molecule has 3 atom stereocenters. The van der Waals surface area contributed by atoms with Gasteiger partial charge in [0.15, 0.2) is 0 Å². The van der Waals surface area contributed by atoms with Gasteiger partial charge in [0.05, 0.1) is 6.04 Å². The van der Waals surface area contributed by atoms with Gasteiger partial charge in [-0.05, 0) is 31.0 Å². The summed E-state index contributed by atoms with van der Waals surface area (Å²) in [6.45, 7) is 8.40. The molecule has 2 saturated heterocycles. The number of nitrogens with zero attached hydrogens (tertiary/aromatic N) is 4. The lowest BCUT2D eigenvalue weighted by molar-refractivity contribution is -0.132. The molecule has 0 spiro atoms. The minimum Gasteiger partial charge on any atom is -0.356 e. The summed E-state index contributed by atoms with van der Waals surface area (Å²) in [6, 6.07) is 8.75. The number of hydrogen-bond donors (Lipinski definition) is 0. The summed E-state index contributed by atoms with van der Waals surface area (Å²) in [7, 11) is 0. The normalized spacial score (nSPS) is 23.5. The summed E-state index contributed by atoms with van der Waals surface area (Å²) in [4.78, 5) is 26.1. The summed E-state index contributed by atoms with van der Waals surface area (Å²) < 4.78 is 13.9. The summed E-state index contributed by atoms with van der Waals surface area (Å²) in [6.07, 6.45) is 2.47. The summed E-state index contributed by atoms with van der Waals surface area (Å²) in [5.74, 6) is 2.30. The highest BCUT2D eigenvalue weighted by molar-refractivity contribution is 5.77. The standard InChI is InChI=1S/C23H29FN4O/c1-4-7-19-11-21(26-15(3)25-19)27-12-17-13-28(22(29)5-2)23(20(17)14-27)16-8-6-9-18(24)10-16/h6,8-11,17,20,23H,4-5,7,12-14H2,1-3H3/t17-,20-,23+/m0/s1. The Kier molecular flexibility index (Phi) is 5.52. The average Bonchev–Trinajstić information content (AvgIpc) is 3.25. The monoisotopic (exact) mass is 396 g/mol. The molecule has 2 aliphatic rings. The lowest BCUT2D eigenvalue weighted by Crippen LogP contribution is -2.35. The van der Waals surface area contributed by atoms with Gasteiger partial charge >= 0.3 is 0 Å². The fourth-order valence-electron chi connectivity index (χ4n) is 4.97. The Bertz CT molecular complexity index is 902. The Labute approximate surface area is 172 Å². The Morgan fingerprint density at radius 2 is 2.00 bits per heavy atom. The van der Waals surface area contributed by atoms with Crippen molar-refractivity contribution >= 4 is 11.7 Å². The van der Waals surface area contributed by atoms with Crippen LogP contribution < -0.4 is 4.90 Å². The Balaban J connectivity index is 1.63. The van der Waals surface area contributed by atoms with Gasteiger partial charge in [-0.15, -0.1) is 0 Å². The molecule has 1 aromatic heterocycles. The number of fused-ring (bicyclic) bond motifs is 1. The number of carbonyl (C=O) groups is 1. The van der Waals surface area contributed by atoms with E-state index in [9.17, 15) is 9.18 Å². The van der Waals surface area contributed by atoms with Crippen molar-refractivity contribution in [1.29, 1.82) is 0 Å². The quantitative estimate of drug-likeness (QED) is 0.769. The molecule has 6 heteroatoms. The van der Waals surface area contributed by atoms with Gasteiger partial charge in [-0.3, -0.25) is 4.79 Å². The smallest absolute Gasteiger partial charge is 0.222 e. The number of hydrogen-bond acceptors (Lipinski definition) is 4. The predicted molar refractivity (Wildman–Crippen MR) is 111 cm³/mol. The van der Waals surface area contributed by atoms with Crippen molar-refractivity contribution in [3.05, 3.63) is 53.2 Å². The number of halogens is 1. The zero-order valence-corrected chi connectivity index (χ0v) is 17.4. The number of aromatic nitrogens is 2. The van der Waals surface area contributed by atoms with Crippen LogP contribution in [0.1, 0.15) is 49.8 Å². The van der Waals surface area contributed by atoms with Crippen LogP contribution >= 0.6 is 0 Å². The molecule has 4 rings (SSSR count). The van der Waals surface area contributed by atoms with Gasteiger partial charge in [-0.25, -0.2) is 14.4 Å². The Hall–Kier alpha value is -2.50. The second-order valence-corrected chi connectivity index (χ2v) is 8.24. The largest absolute Gasteiger partial charge is 0.356 e. The zero-order valence-electron chi connectivity index (χ0n) is 17.4. The molecule has 0 bridgehead atoms. The van der Waals surface area contributed by atoms with Crippen LogP contribution in [-0.4, -0.2) is 40.4 Å². The van der Waals surface area contributed by atoms with Crippen LogP contribution in [0, 0.1) is 24.6 Å². The summed E-state index contributed by atoms with van der Waals surface area (Å²) >= 11 is 0. The first kappa shape index (κ1) is 19.8. The molecule has 5 nitrogen and oxygen atoms in total. The van der Waals surface area contributed by atoms with E-state index in [4.69, 9.17) is 0 Å². The third-order valence-electron chi connectivity index (χ3n) is 6.18. The first-order chi connectivity index (χ1) is 14.0. The van der Waals surface area contributed by atoms with Crippen LogP contribution in [0.4, 0.5) is 10.2 Å². The lowest BCUT2D eigenvalue weighted by Gasteiger charge is -2.30. The van der Waals surface area contributed by atoms with Gasteiger partial charge in [-0.1, -0.05) is 32.4 Å². The fourth-order valence-corrected chi connectivity index (χ4v) is 4.97.